The molecule has 0 aliphatic carbocycles. The first-order valence-corrected chi connectivity index (χ1v) is 7.17. The number of hydrogen-bond acceptors (Lipinski definition) is 4. The number of hydrogen-bond donors (Lipinski definition) is 3. The predicted octanol–water partition coefficient (Wildman–Crippen LogP) is 2.89. The lowest BCUT2D eigenvalue weighted by atomic mass is 10.2. The van der Waals surface area contributed by atoms with E-state index in [1.54, 1.807) is 12.4 Å². The highest BCUT2D eigenvalue weighted by Gasteiger charge is 2.14. The van der Waals surface area contributed by atoms with E-state index in [-0.39, 0.29) is 0 Å². The van der Waals surface area contributed by atoms with Crippen LogP contribution in [0.15, 0.2) is 49.1 Å². The summed E-state index contributed by atoms with van der Waals surface area (Å²) >= 11 is 0. The zero-order valence-corrected chi connectivity index (χ0v) is 11.9. The van der Waals surface area contributed by atoms with Crippen molar-refractivity contribution in [3.8, 4) is 22.8 Å². The quantitative estimate of drug-likeness (QED) is 0.467. The Bertz CT molecular complexity index is 1080. The number of aromatic nitrogens is 7. The van der Waals surface area contributed by atoms with Gasteiger partial charge in [0.1, 0.15) is 5.52 Å². The second-order valence-electron chi connectivity index (χ2n) is 5.24. The molecular weight excluding hydrogens is 290 g/mol. The number of pyridine rings is 2. The van der Waals surface area contributed by atoms with Crippen LogP contribution in [0.5, 0.6) is 0 Å². The Labute approximate surface area is 129 Å². The van der Waals surface area contributed by atoms with Gasteiger partial charge in [0.05, 0.1) is 28.4 Å². The van der Waals surface area contributed by atoms with Crippen LogP contribution in [0.2, 0.25) is 0 Å². The van der Waals surface area contributed by atoms with Gasteiger partial charge in [-0.05, 0) is 24.3 Å². The number of nitrogens with one attached hydrogen (secondary N) is 3. The molecule has 0 aliphatic heterocycles. The number of fused-ring (bicyclic) bond motifs is 2. The summed E-state index contributed by atoms with van der Waals surface area (Å²) in [5, 5.41) is 7.38. The van der Waals surface area contributed by atoms with Crippen LogP contribution in [0.3, 0.4) is 0 Å². The third kappa shape index (κ3) is 1.83. The van der Waals surface area contributed by atoms with Crippen LogP contribution >= 0.6 is 0 Å². The van der Waals surface area contributed by atoms with E-state index in [4.69, 9.17) is 4.98 Å². The van der Waals surface area contributed by atoms with Crippen LogP contribution < -0.4 is 0 Å². The van der Waals surface area contributed by atoms with Crippen molar-refractivity contribution in [3.63, 3.8) is 0 Å². The highest BCUT2D eigenvalue weighted by molar-refractivity contribution is 5.91. The van der Waals surface area contributed by atoms with Crippen molar-refractivity contribution >= 4 is 22.1 Å². The normalized spacial score (nSPS) is 11.5. The van der Waals surface area contributed by atoms with Crippen molar-refractivity contribution in [2.75, 3.05) is 0 Å². The van der Waals surface area contributed by atoms with Crippen LogP contribution in [-0.4, -0.2) is 35.1 Å². The summed E-state index contributed by atoms with van der Waals surface area (Å²) in [7, 11) is 0. The molecular formula is C16H11N7. The largest absolute Gasteiger partial charge is 0.367 e. The molecule has 5 aromatic heterocycles. The van der Waals surface area contributed by atoms with Gasteiger partial charge in [-0.15, -0.1) is 0 Å². The number of H-pyrrole nitrogens is 3. The molecule has 0 saturated carbocycles. The fraction of sp³-hybridized carbons (Fsp3) is 0. The Hall–Kier alpha value is -3.48. The average Bonchev–Trinajstić information content (AvgIpc) is 3.32. The van der Waals surface area contributed by atoms with Crippen LogP contribution in [-0.2, 0) is 0 Å². The van der Waals surface area contributed by atoms with Gasteiger partial charge in [0, 0.05) is 24.2 Å². The van der Waals surface area contributed by atoms with E-state index in [0.717, 1.165) is 33.3 Å². The summed E-state index contributed by atoms with van der Waals surface area (Å²) < 4.78 is 0. The number of aromatic amines is 3. The summed E-state index contributed by atoms with van der Waals surface area (Å²) in [4.78, 5) is 19.7. The smallest absolute Gasteiger partial charge is 0.161 e. The van der Waals surface area contributed by atoms with Gasteiger partial charge in [-0.25, -0.2) is 9.97 Å². The van der Waals surface area contributed by atoms with Gasteiger partial charge in [-0.3, -0.25) is 10.1 Å². The molecule has 0 aliphatic rings. The van der Waals surface area contributed by atoms with Crippen molar-refractivity contribution in [1.82, 2.24) is 35.1 Å². The van der Waals surface area contributed by atoms with Crippen LogP contribution in [0.25, 0.3) is 44.8 Å². The zero-order chi connectivity index (χ0) is 15.2. The minimum Gasteiger partial charge on any atom is -0.367 e. The van der Waals surface area contributed by atoms with Crippen LogP contribution in [0.4, 0.5) is 0 Å². The maximum Gasteiger partial charge on any atom is 0.161 e. The molecule has 5 rings (SSSR count). The number of nitrogens with zero attached hydrogens (tertiary/aromatic N) is 4. The van der Waals surface area contributed by atoms with Gasteiger partial charge in [0.25, 0.3) is 0 Å². The van der Waals surface area contributed by atoms with Gasteiger partial charge >= 0.3 is 0 Å². The third-order valence-electron chi connectivity index (χ3n) is 3.81. The third-order valence-corrected chi connectivity index (χ3v) is 3.81. The first kappa shape index (κ1) is 12.1. The SMILES string of the molecule is c1cc2nc(-c3n[nH]c4ccc(-c5cc[nH]c5)nc34)[nH]c2cn1. The van der Waals surface area contributed by atoms with Crippen molar-refractivity contribution in [1.29, 1.82) is 0 Å². The Morgan fingerprint density at radius 2 is 1.96 bits per heavy atom. The summed E-state index contributed by atoms with van der Waals surface area (Å²) in [6.45, 7) is 0. The number of rotatable bonds is 2. The first-order chi connectivity index (χ1) is 11.4. The standard InChI is InChI=1S/C16H11N7/c1-2-12-14(19-10(1)9-3-5-17-7-9)15(23-22-12)16-20-11-4-6-18-8-13(11)21-16/h1-8,17H,(H,20,21)(H,22,23). The van der Waals surface area contributed by atoms with Gasteiger partial charge in [-0.1, -0.05) is 0 Å². The minimum absolute atomic E-state index is 0.679. The van der Waals surface area contributed by atoms with Crippen molar-refractivity contribution in [2.24, 2.45) is 0 Å². The molecule has 110 valence electrons. The monoisotopic (exact) mass is 301 g/mol. The Morgan fingerprint density at radius 1 is 0.957 bits per heavy atom. The molecule has 0 atom stereocenters. The molecule has 0 saturated heterocycles. The van der Waals surface area contributed by atoms with E-state index in [1.807, 2.05) is 36.7 Å². The van der Waals surface area contributed by atoms with Crippen molar-refractivity contribution in [3.05, 3.63) is 49.1 Å². The average molecular weight is 301 g/mol. The topological polar surface area (TPSA) is 98.9 Å². The molecule has 7 heteroatoms. The highest BCUT2D eigenvalue weighted by atomic mass is 15.1. The fourth-order valence-electron chi connectivity index (χ4n) is 2.68. The lowest BCUT2D eigenvalue weighted by molar-refractivity contribution is 1.10. The molecule has 7 nitrogen and oxygen atoms in total. The van der Waals surface area contributed by atoms with Crippen molar-refractivity contribution < 1.29 is 0 Å². The molecule has 5 aromatic rings. The van der Waals surface area contributed by atoms with E-state index >= 15 is 0 Å². The molecule has 0 radical (unpaired) electrons. The van der Waals surface area contributed by atoms with Gasteiger partial charge in [-0.2, -0.15) is 5.10 Å². The summed E-state index contributed by atoms with van der Waals surface area (Å²) in [5.74, 6) is 0.679. The Balaban J connectivity index is 1.73. The van der Waals surface area contributed by atoms with Crippen molar-refractivity contribution in [2.45, 2.75) is 0 Å². The van der Waals surface area contributed by atoms with Gasteiger partial charge in [0.15, 0.2) is 11.5 Å². The lowest BCUT2D eigenvalue weighted by Crippen LogP contribution is -1.86. The molecule has 23 heavy (non-hydrogen) atoms. The molecule has 0 fully saturated rings. The van der Waals surface area contributed by atoms with Crippen LogP contribution in [0, 0.1) is 0 Å². The molecule has 3 N–H and O–H groups in total. The van der Waals surface area contributed by atoms with Crippen LogP contribution in [0.1, 0.15) is 0 Å². The summed E-state index contributed by atoms with van der Waals surface area (Å²) in [5.41, 5.74) is 6.02. The van der Waals surface area contributed by atoms with E-state index in [1.165, 1.54) is 0 Å². The van der Waals surface area contributed by atoms with Gasteiger partial charge < -0.3 is 9.97 Å². The molecule has 0 spiro atoms. The molecule has 0 aromatic carbocycles. The second-order valence-corrected chi connectivity index (χ2v) is 5.24. The predicted molar refractivity (Wildman–Crippen MR) is 86.6 cm³/mol. The highest BCUT2D eigenvalue weighted by Crippen LogP contribution is 2.27. The molecule has 0 amide bonds. The first-order valence-electron chi connectivity index (χ1n) is 7.17. The number of imidazole rings is 1. The zero-order valence-electron chi connectivity index (χ0n) is 11.9. The maximum absolute atomic E-state index is 4.73. The summed E-state index contributed by atoms with van der Waals surface area (Å²) in [6.07, 6.45) is 7.27. The molecule has 5 heterocycles. The van der Waals surface area contributed by atoms with Gasteiger partial charge in [0.2, 0.25) is 0 Å². The Kier molecular flexibility index (Phi) is 2.37. The lowest BCUT2D eigenvalue weighted by Gasteiger charge is -1.98. The van der Waals surface area contributed by atoms with E-state index < -0.39 is 0 Å². The minimum atomic E-state index is 0.679. The molecule has 0 unspecified atom stereocenters. The summed E-state index contributed by atoms with van der Waals surface area (Å²) in [6, 6.07) is 7.80. The molecule has 0 bridgehead atoms. The van der Waals surface area contributed by atoms with E-state index in [2.05, 4.69) is 30.1 Å². The Morgan fingerprint density at radius 3 is 2.83 bits per heavy atom. The fourth-order valence-corrected chi connectivity index (χ4v) is 2.68. The second kappa shape index (κ2) is 4.51. The van der Waals surface area contributed by atoms with E-state index in [9.17, 15) is 0 Å². The van der Waals surface area contributed by atoms with E-state index in [0.29, 0.717) is 11.5 Å². The maximum atomic E-state index is 4.73.